The van der Waals surface area contributed by atoms with E-state index in [1.165, 1.54) is 7.11 Å². The number of amides is 1. The fourth-order valence-electron chi connectivity index (χ4n) is 3.50. The molecule has 0 aromatic heterocycles. The third kappa shape index (κ3) is 2.02. The highest BCUT2D eigenvalue weighted by molar-refractivity contribution is 5.87. The molecule has 0 aliphatic carbocycles. The molecule has 102 valence electrons. The van der Waals surface area contributed by atoms with Gasteiger partial charge in [-0.1, -0.05) is 20.8 Å². The summed E-state index contributed by atoms with van der Waals surface area (Å²) in [5, 5.41) is 0. The Balaban J connectivity index is 2.23. The van der Waals surface area contributed by atoms with Gasteiger partial charge in [-0.3, -0.25) is 4.79 Å². The smallest absolute Gasteiger partial charge is 0.328 e. The Bertz CT molecular complexity index is 353. The number of nitrogens with zero attached hydrogens (tertiary/aromatic N) is 1. The zero-order chi connectivity index (χ0) is 13.4. The first kappa shape index (κ1) is 13.4. The Labute approximate surface area is 109 Å². The van der Waals surface area contributed by atoms with Crippen LogP contribution in [0.2, 0.25) is 0 Å². The Morgan fingerprint density at radius 2 is 2.06 bits per heavy atom. The summed E-state index contributed by atoms with van der Waals surface area (Å²) in [6, 6.07) is -0.124. The third-order valence-electron chi connectivity index (χ3n) is 4.57. The topological polar surface area (TPSA) is 46.6 Å². The second-order valence-corrected chi connectivity index (χ2v) is 5.99. The van der Waals surface area contributed by atoms with Crippen molar-refractivity contribution in [3.05, 3.63) is 0 Å². The third-order valence-corrected chi connectivity index (χ3v) is 4.57. The number of rotatable bonds is 2. The molecule has 2 aliphatic rings. The van der Waals surface area contributed by atoms with Gasteiger partial charge in [0, 0.05) is 12.0 Å². The first-order valence-corrected chi connectivity index (χ1v) is 6.87. The van der Waals surface area contributed by atoms with Crippen LogP contribution in [0.5, 0.6) is 0 Å². The van der Waals surface area contributed by atoms with Crippen LogP contribution < -0.4 is 0 Å². The van der Waals surface area contributed by atoms with Gasteiger partial charge >= 0.3 is 5.97 Å². The van der Waals surface area contributed by atoms with Crippen LogP contribution in [0.15, 0.2) is 0 Å². The average Bonchev–Trinajstić information content (AvgIpc) is 2.67. The molecule has 2 heterocycles. The summed E-state index contributed by atoms with van der Waals surface area (Å²) in [7, 11) is 1.40. The number of piperidine rings is 1. The highest BCUT2D eigenvalue weighted by Gasteiger charge is 2.50. The quantitative estimate of drug-likeness (QED) is 0.705. The first-order chi connectivity index (χ1) is 8.47. The van der Waals surface area contributed by atoms with Crippen molar-refractivity contribution in [3.63, 3.8) is 0 Å². The molecule has 0 aromatic rings. The van der Waals surface area contributed by atoms with Crippen molar-refractivity contribution in [1.82, 2.24) is 4.90 Å². The van der Waals surface area contributed by atoms with Gasteiger partial charge < -0.3 is 9.64 Å². The van der Waals surface area contributed by atoms with E-state index in [2.05, 4.69) is 20.8 Å². The minimum absolute atomic E-state index is 0.0682. The maximum absolute atomic E-state index is 12.5. The van der Waals surface area contributed by atoms with Gasteiger partial charge in [0.15, 0.2) is 0 Å². The van der Waals surface area contributed by atoms with Crippen molar-refractivity contribution in [2.45, 2.75) is 52.1 Å². The SMILES string of the molecule is COC(=O)[C@@H]1C[C@@H](C)[C@H]2CC[C@H](C(C)C)C(=O)N21. The molecule has 2 rings (SSSR count). The molecule has 2 saturated heterocycles. The van der Waals surface area contributed by atoms with Crippen LogP contribution >= 0.6 is 0 Å². The molecule has 0 radical (unpaired) electrons. The Morgan fingerprint density at radius 3 is 2.61 bits per heavy atom. The Kier molecular flexibility index (Phi) is 3.64. The maximum atomic E-state index is 12.5. The van der Waals surface area contributed by atoms with Gasteiger partial charge in [-0.05, 0) is 31.1 Å². The van der Waals surface area contributed by atoms with E-state index >= 15 is 0 Å². The van der Waals surface area contributed by atoms with Crippen LogP contribution in [0.25, 0.3) is 0 Å². The number of carbonyl (C=O) groups is 2. The number of ether oxygens (including phenoxy) is 1. The van der Waals surface area contributed by atoms with Gasteiger partial charge in [0.1, 0.15) is 6.04 Å². The van der Waals surface area contributed by atoms with Crippen LogP contribution in [0.1, 0.15) is 40.0 Å². The second-order valence-electron chi connectivity index (χ2n) is 5.99. The molecule has 0 N–H and O–H groups in total. The second kappa shape index (κ2) is 4.90. The van der Waals surface area contributed by atoms with E-state index in [9.17, 15) is 9.59 Å². The van der Waals surface area contributed by atoms with Crippen LogP contribution in [0, 0.1) is 17.8 Å². The van der Waals surface area contributed by atoms with E-state index in [0.717, 1.165) is 19.3 Å². The van der Waals surface area contributed by atoms with Gasteiger partial charge in [-0.15, -0.1) is 0 Å². The Hall–Kier alpha value is -1.06. The normalized spacial score (nSPS) is 35.8. The molecule has 2 aliphatic heterocycles. The van der Waals surface area contributed by atoms with Crippen molar-refractivity contribution < 1.29 is 14.3 Å². The van der Waals surface area contributed by atoms with Gasteiger partial charge in [-0.25, -0.2) is 4.79 Å². The molecule has 0 spiro atoms. The standard InChI is InChI=1S/C14H23NO3/c1-8(2)10-5-6-11-9(3)7-12(14(17)18-4)15(11)13(10)16/h8-12H,5-7H2,1-4H3/t9-,10-,11-,12+/m1/s1. The molecule has 2 fully saturated rings. The number of fused-ring (bicyclic) bond motifs is 1. The molecular weight excluding hydrogens is 230 g/mol. The first-order valence-electron chi connectivity index (χ1n) is 6.87. The predicted molar refractivity (Wildman–Crippen MR) is 67.8 cm³/mol. The van der Waals surface area contributed by atoms with Gasteiger partial charge in [-0.2, -0.15) is 0 Å². The zero-order valence-corrected chi connectivity index (χ0v) is 11.7. The van der Waals surface area contributed by atoms with E-state index < -0.39 is 0 Å². The van der Waals surface area contributed by atoms with Crippen molar-refractivity contribution in [2.75, 3.05) is 7.11 Å². The minimum atomic E-state index is -0.357. The predicted octanol–water partition coefficient (Wildman–Crippen LogP) is 1.83. The summed E-state index contributed by atoms with van der Waals surface area (Å²) in [5.41, 5.74) is 0. The van der Waals surface area contributed by atoms with Crippen LogP contribution in [-0.2, 0) is 14.3 Å². The lowest BCUT2D eigenvalue weighted by molar-refractivity contribution is -0.157. The summed E-state index contributed by atoms with van der Waals surface area (Å²) in [6.07, 6.45) is 2.72. The summed E-state index contributed by atoms with van der Waals surface area (Å²) >= 11 is 0. The van der Waals surface area contributed by atoms with E-state index in [-0.39, 0.29) is 29.9 Å². The van der Waals surface area contributed by atoms with Gasteiger partial charge in [0.25, 0.3) is 0 Å². The summed E-state index contributed by atoms with van der Waals surface area (Å²) in [6.45, 7) is 6.29. The molecular formula is C14H23NO3. The fourth-order valence-corrected chi connectivity index (χ4v) is 3.50. The molecule has 18 heavy (non-hydrogen) atoms. The highest BCUT2D eigenvalue weighted by Crippen LogP contribution is 2.40. The van der Waals surface area contributed by atoms with E-state index in [1.54, 1.807) is 0 Å². The molecule has 4 heteroatoms. The molecule has 4 atom stereocenters. The molecule has 1 amide bonds. The highest BCUT2D eigenvalue weighted by atomic mass is 16.5. The van der Waals surface area contributed by atoms with Crippen molar-refractivity contribution >= 4 is 11.9 Å². The lowest BCUT2D eigenvalue weighted by Gasteiger charge is -2.39. The van der Waals surface area contributed by atoms with Crippen molar-refractivity contribution in [2.24, 2.45) is 17.8 Å². The summed E-state index contributed by atoms with van der Waals surface area (Å²) in [5.74, 6) is 0.695. The summed E-state index contributed by atoms with van der Waals surface area (Å²) < 4.78 is 4.84. The van der Waals surface area contributed by atoms with Gasteiger partial charge in [0.05, 0.1) is 7.11 Å². The van der Waals surface area contributed by atoms with Crippen LogP contribution in [-0.4, -0.2) is 36.0 Å². The van der Waals surface area contributed by atoms with Gasteiger partial charge in [0.2, 0.25) is 5.91 Å². The fraction of sp³-hybridized carbons (Fsp3) is 0.857. The molecule has 0 unspecified atom stereocenters. The number of carbonyl (C=O) groups excluding carboxylic acids is 2. The molecule has 4 nitrogen and oxygen atoms in total. The summed E-state index contributed by atoms with van der Waals surface area (Å²) in [4.78, 5) is 26.2. The lowest BCUT2D eigenvalue weighted by Crippen LogP contribution is -2.52. The van der Waals surface area contributed by atoms with E-state index in [0.29, 0.717) is 11.8 Å². The Morgan fingerprint density at radius 1 is 1.39 bits per heavy atom. The molecule has 0 aromatic carbocycles. The largest absolute Gasteiger partial charge is 0.467 e. The number of hydrogen-bond donors (Lipinski definition) is 0. The number of methoxy groups -OCH3 is 1. The van der Waals surface area contributed by atoms with Crippen LogP contribution in [0.3, 0.4) is 0 Å². The molecule has 0 bridgehead atoms. The maximum Gasteiger partial charge on any atom is 0.328 e. The van der Waals surface area contributed by atoms with E-state index in [4.69, 9.17) is 4.74 Å². The number of esters is 1. The van der Waals surface area contributed by atoms with Crippen LogP contribution in [0.4, 0.5) is 0 Å². The van der Waals surface area contributed by atoms with Crippen molar-refractivity contribution in [3.8, 4) is 0 Å². The lowest BCUT2D eigenvalue weighted by atomic mass is 9.83. The van der Waals surface area contributed by atoms with E-state index in [1.807, 2.05) is 4.90 Å². The minimum Gasteiger partial charge on any atom is -0.467 e. The number of hydrogen-bond acceptors (Lipinski definition) is 3. The average molecular weight is 253 g/mol. The van der Waals surface area contributed by atoms with Crippen molar-refractivity contribution in [1.29, 1.82) is 0 Å². The zero-order valence-electron chi connectivity index (χ0n) is 11.7. The molecule has 0 saturated carbocycles. The monoisotopic (exact) mass is 253 g/mol.